The van der Waals surface area contributed by atoms with Crippen LogP contribution in [0.1, 0.15) is 5.82 Å². The smallest absolute Gasteiger partial charge is 0.225 e. The summed E-state index contributed by atoms with van der Waals surface area (Å²) in [5.41, 5.74) is 0.956. The molecule has 0 fully saturated rings. The molecule has 17 heavy (non-hydrogen) atoms. The molecular weight excluding hydrogens is 234 g/mol. The van der Waals surface area contributed by atoms with E-state index in [0.29, 0.717) is 5.95 Å². The van der Waals surface area contributed by atoms with Gasteiger partial charge in [0.1, 0.15) is 5.82 Å². The van der Waals surface area contributed by atoms with E-state index in [0.717, 1.165) is 21.9 Å². The Balaban J connectivity index is 2.34. The second-order valence-corrected chi connectivity index (χ2v) is 4.52. The highest BCUT2D eigenvalue weighted by Gasteiger charge is 2.11. The van der Waals surface area contributed by atoms with E-state index in [9.17, 15) is 0 Å². The standard InChI is InChI=1S/C11H11N5S/c1-7-13-4-5-16(7)10-9-8(3-6-17-9)14-11(12-2)15-10/h3-6H,1-2H3,(H,12,14,15). The van der Waals surface area contributed by atoms with Crippen LogP contribution >= 0.6 is 11.3 Å². The molecule has 0 aliphatic heterocycles. The van der Waals surface area contributed by atoms with Crippen molar-refractivity contribution in [2.24, 2.45) is 0 Å². The summed E-state index contributed by atoms with van der Waals surface area (Å²) >= 11 is 1.64. The number of aromatic nitrogens is 4. The third-order valence-corrected chi connectivity index (χ3v) is 3.46. The van der Waals surface area contributed by atoms with Crippen molar-refractivity contribution in [1.82, 2.24) is 19.5 Å². The monoisotopic (exact) mass is 245 g/mol. The van der Waals surface area contributed by atoms with Crippen LogP contribution in [0.2, 0.25) is 0 Å². The molecule has 6 heteroatoms. The summed E-state index contributed by atoms with van der Waals surface area (Å²) in [6.45, 7) is 1.96. The molecule has 0 aliphatic carbocycles. The van der Waals surface area contributed by atoms with Crippen LogP contribution in [0.25, 0.3) is 16.0 Å². The maximum Gasteiger partial charge on any atom is 0.225 e. The average Bonchev–Trinajstić information content (AvgIpc) is 2.95. The lowest BCUT2D eigenvalue weighted by Gasteiger charge is -2.07. The number of fused-ring (bicyclic) bond motifs is 1. The first-order chi connectivity index (χ1) is 8.29. The molecule has 0 aromatic carbocycles. The number of rotatable bonds is 2. The van der Waals surface area contributed by atoms with Crippen molar-refractivity contribution in [3.63, 3.8) is 0 Å². The van der Waals surface area contributed by atoms with E-state index in [2.05, 4.69) is 20.3 Å². The van der Waals surface area contributed by atoms with Crippen molar-refractivity contribution in [3.05, 3.63) is 29.7 Å². The Bertz CT molecular complexity index is 669. The molecule has 0 aliphatic rings. The fraction of sp³-hybridized carbons (Fsp3) is 0.182. The molecule has 86 valence electrons. The number of nitrogens with zero attached hydrogens (tertiary/aromatic N) is 4. The third-order valence-electron chi connectivity index (χ3n) is 2.56. The van der Waals surface area contributed by atoms with Gasteiger partial charge in [-0.15, -0.1) is 11.3 Å². The van der Waals surface area contributed by atoms with Crippen molar-refractivity contribution >= 4 is 27.5 Å². The van der Waals surface area contributed by atoms with Gasteiger partial charge >= 0.3 is 0 Å². The zero-order chi connectivity index (χ0) is 11.8. The molecule has 3 heterocycles. The molecule has 5 nitrogen and oxygen atoms in total. The minimum Gasteiger partial charge on any atom is -0.357 e. The van der Waals surface area contributed by atoms with Crippen LogP contribution in [0.3, 0.4) is 0 Å². The largest absolute Gasteiger partial charge is 0.357 e. The van der Waals surface area contributed by atoms with Crippen LogP contribution in [0.15, 0.2) is 23.8 Å². The molecular formula is C11H11N5S. The molecule has 0 saturated carbocycles. The Hall–Kier alpha value is -1.95. The summed E-state index contributed by atoms with van der Waals surface area (Å²) in [6.07, 6.45) is 3.69. The SMILES string of the molecule is CNc1nc(-n2ccnc2C)c2sccc2n1. The summed E-state index contributed by atoms with van der Waals surface area (Å²) in [7, 11) is 1.82. The zero-order valence-corrected chi connectivity index (χ0v) is 10.3. The highest BCUT2D eigenvalue weighted by molar-refractivity contribution is 7.17. The fourth-order valence-corrected chi connectivity index (χ4v) is 2.54. The molecule has 0 spiro atoms. The van der Waals surface area contributed by atoms with Crippen molar-refractivity contribution in [1.29, 1.82) is 0 Å². The third kappa shape index (κ3) is 1.57. The van der Waals surface area contributed by atoms with Crippen LogP contribution in [-0.4, -0.2) is 26.6 Å². The first-order valence-corrected chi connectivity index (χ1v) is 6.11. The number of imidazole rings is 1. The van der Waals surface area contributed by atoms with Gasteiger partial charge in [0.2, 0.25) is 5.95 Å². The van der Waals surface area contributed by atoms with Crippen LogP contribution in [-0.2, 0) is 0 Å². The topological polar surface area (TPSA) is 55.6 Å². The van der Waals surface area contributed by atoms with Crippen molar-refractivity contribution in [3.8, 4) is 5.82 Å². The molecule has 3 rings (SSSR count). The minimum atomic E-state index is 0.624. The normalized spacial score (nSPS) is 10.9. The van der Waals surface area contributed by atoms with E-state index in [4.69, 9.17) is 0 Å². The molecule has 0 saturated heterocycles. The van der Waals surface area contributed by atoms with Gasteiger partial charge in [-0.25, -0.2) is 9.97 Å². The van der Waals surface area contributed by atoms with E-state index in [1.165, 1.54) is 0 Å². The van der Waals surface area contributed by atoms with Gasteiger partial charge in [-0.05, 0) is 18.4 Å². The first kappa shape index (κ1) is 10.2. The van der Waals surface area contributed by atoms with Crippen molar-refractivity contribution < 1.29 is 0 Å². The lowest BCUT2D eigenvalue weighted by molar-refractivity contribution is 0.939. The number of nitrogens with one attached hydrogen (secondary N) is 1. The Morgan fingerprint density at radius 3 is 2.94 bits per heavy atom. The summed E-state index contributed by atoms with van der Waals surface area (Å²) in [4.78, 5) is 13.1. The van der Waals surface area contributed by atoms with E-state index in [-0.39, 0.29) is 0 Å². The molecule has 0 atom stereocenters. The Kier molecular flexibility index (Phi) is 2.29. The maximum atomic E-state index is 4.51. The van der Waals surface area contributed by atoms with E-state index in [1.54, 1.807) is 17.5 Å². The molecule has 3 aromatic heterocycles. The summed E-state index contributed by atoms with van der Waals surface area (Å²) in [6, 6.07) is 2.00. The highest BCUT2D eigenvalue weighted by atomic mass is 32.1. The van der Waals surface area contributed by atoms with Gasteiger partial charge in [0.15, 0.2) is 5.82 Å². The Labute approximate surface area is 102 Å². The number of thiophene rings is 1. The molecule has 3 aromatic rings. The van der Waals surface area contributed by atoms with Crippen LogP contribution in [0, 0.1) is 6.92 Å². The second-order valence-electron chi connectivity index (χ2n) is 3.60. The molecule has 0 bridgehead atoms. The number of anilines is 1. The van der Waals surface area contributed by atoms with Gasteiger partial charge < -0.3 is 5.32 Å². The molecule has 0 amide bonds. The van der Waals surface area contributed by atoms with Crippen LogP contribution in [0.4, 0.5) is 5.95 Å². The summed E-state index contributed by atoms with van der Waals surface area (Å²) < 4.78 is 3.05. The van der Waals surface area contributed by atoms with Gasteiger partial charge in [-0.3, -0.25) is 4.57 Å². The Morgan fingerprint density at radius 1 is 1.35 bits per heavy atom. The van der Waals surface area contributed by atoms with Gasteiger partial charge in [-0.2, -0.15) is 4.98 Å². The van der Waals surface area contributed by atoms with Gasteiger partial charge in [0, 0.05) is 19.4 Å². The second kappa shape index (κ2) is 3.81. The predicted molar refractivity (Wildman–Crippen MR) is 68.8 cm³/mol. The molecule has 0 radical (unpaired) electrons. The highest BCUT2D eigenvalue weighted by Crippen LogP contribution is 2.26. The number of hydrogen-bond donors (Lipinski definition) is 1. The maximum absolute atomic E-state index is 4.51. The van der Waals surface area contributed by atoms with Crippen LogP contribution in [0.5, 0.6) is 0 Å². The zero-order valence-electron chi connectivity index (χ0n) is 9.51. The lowest BCUT2D eigenvalue weighted by atomic mass is 10.4. The Morgan fingerprint density at radius 2 is 2.24 bits per heavy atom. The quantitative estimate of drug-likeness (QED) is 0.752. The van der Waals surface area contributed by atoms with E-state index >= 15 is 0 Å². The minimum absolute atomic E-state index is 0.624. The average molecular weight is 245 g/mol. The van der Waals surface area contributed by atoms with Crippen LogP contribution < -0.4 is 5.32 Å². The van der Waals surface area contributed by atoms with Gasteiger partial charge in [0.05, 0.1) is 10.2 Å². The van der Waals surface area contributed by atoms with Crippen molar-refractivity contribution in [2.75, 3.05) is 12.4 Å². The van der Waals surface area contributed by atoms with Crippen molar-refractivity contribution in [2.45, 2.75) is 6.92 Å². The number of aryl methyl sites for hydroxylation is 1. The van der Waals surface area contributed by atoms with E-state index in [1.807, 2.05) is 36.2 Å². The van der Waals surface area contributed by atoms with Gasteiger partial charge in [-0.1, -0.05) is 0 Å². The molecule has 0 unspecified atom stereocenters. The molecule has 1 N–H and O–H groups in total. The fourth-order valence-electron chi connectivity index (χ4n) is 1.72. The summed E-state index contributed by atoms with van der Waals surface area (Å²) in [5.74, 6) is 2.42. The van der Waals surface area contributed by atoms with E-state index < -0.39 is 0 Å². The predicted octanol–water partition coefficient (Wildman–Crippen LogP) is 2.23. The number of hydrogen-bond acceptors (Lipinski definition) is 5. The first-order valence-electron chi connectivity index (χ1n) is 5.23. The summed E-state index contributed by atoms with van der Waals surface area (Å²) in [5, 5.41) is 5.00. The van der Waals surface area contributed by atoms with Gasteiger partial charge in [0.25, 0.3) is 0 Å². The lowest BCUT2D eigenvalue weighted by Crippen LogP contribution is -2.04.